The SMILES string of the molecule is CCCCOC(=O)Nc1cc(C(=O)O)c(OC)c(CN2CCOCC2)c1OC. The van der Waals surface area contributed by atoms with Crippen LogP contribution in [0, 0.1) is 0 Å². The molecule has 1 fully saturated rings. The number of amides is 1. The standard InChI is InChI=1S/C19H28N2O7/c1-4-5-8-28-19(24)20-15-11-13(18(22)23)16(25-2)14(17(15)26-3)12-21-6-9-27-10-7-21/h11H,4-10,12H2,1-3H3,(H,20,24)(H,22,23). The fourth-order valence-corrected chi connectivity index (χ4v) is 3.00. The first-order chi connectivity index (χ1) is 13.5. The lowest BCUT2D eigenvalue weighted by Gasteiger charge is -2.28. The number of carboxylic acids is 1. The molecule has 9 nitrogen and oxygen atoms in total. The number of aromatic carboxylic acids is 1. The summed E-state index contributed by atoms with van der Waals surface area (Å²) in [6.45, 7) is 5.27. The summed E-state index contributed by atoms with van der Waals surface area (Å²) in [5, 5.41) is 12.2. The lowest BCUT2D eigenvalue weighted by atomic mass is 10.0. The van der Waals surface area contributed by atoms with E-state index in [1.165, 1.54) is 20.3 Å². The second kappa shape index (κ2) is 10.7. The van der Waals surface area contributed by atoms with Gasteiger partial charge in [0.1, 0.15) is 11.3 Å². The lowest BCUT2D eigenvalue weighted by molar-refractivity contribution is 0.0335. The molecule has 0 atom stereocenters. The number of carbonyl (C=O) groups excluding carboxylic acids is 1. The number of hydrogen-bond acceptors (Lipinski definition) is 7. The monoisotopic (exact) mass is 396 g/mol. The zero-order valence-corrected chi connectivity index (χ0v) is 16.6. The van der Waals surface area contributed by atoms with Crippen molar-refractivity contribution < 1.29 is 33.6 Å². The Morgan fingerprint density at radius 3 is 2.46 bits per heavy atom. The molecule has 1 amide bonds. The molecule has 2 rings (SSSR count). The van der Waals surface area contributed by atoms with Crippen LogP contribution in [0.3, 0.4) is 0 Å². The van der Waals surface area contributed by atoms with E-state index >= 15 is 0 Å². The van der Waals surface area contributed by atoms with Crippen molar-refractivity contribution >= 4 is 17.7 Å². The second-order valence-corrected chi connectivity index (χ2v) is 6.32. The van der Waals surface area contributed by atoms with E-state index in [1.54, 1.807) is 0 Å². The summed E-state index contributed by atoms with van der Waals surface area (Å²) in [4.78, 5) is 26.0. The van der Waals surface area contributed by atoms with Crippen LogP contribution in [0.15, 0.2) is 6.07 Å². The van der Waals surface area contributed by atoms with E-state index in [2.05, 4.69) is 10.2 Å². The number of morpholine rings is 1. The molecule has 0 aromatic heterocycles. The molecule has 28 heavy (non-hydrogen) atoms. The van der Waals surface area contributed by atoms with E-state index in [0.717, 1.165) is 12.8 Å². The van der Waals surface area contributed by atoms with Gasteiger partial charge in [-0.1, -0.05) is 13.3 Å². The zero-order chi connectivity index (χ0) is 20.5. The Kier molecular flexibility index (Phi) is 8.34. The van der Waals surface area contributed by atoms with E-state index in [-0.39, 0.29) is 23.6 Å². The molecule has 1 aromatic rings. The third-order valence-electron chi connectivity index (χ3n) is 4.42. The molecule has 1 saturated heterocycles. The van der Waals surface area contributed by atoms with Crippen LogP contribution in [0.5, 0.6) is 11.5 Å². The van der Waals surface area contributed by atoms with E-state index < -0.39 is 12.1 Å². The maximum atomic E-state index is 12.1. The van der Waals surface area contributed by atoms with Crippen molar-refractivity contribution in [2.45, 2.75) is 26.3 Å². The average molecular weight is 396 g/mol. The first-order valence-electron chi connectivity index (χ1n) is 9.26. The summed E-state index contributed by atoms with van der Waals surface area (Å²) >= 11 is 0. The van der Waals surface area contributed by atoms with Crippen LogP contribution in [0.4, 0.5) is 10.5 Å². The molecule has 2 N–H and O–H groups in total. The number of carbonyl (C=O) groups is 2. The van der Waals surface area contributed by atoms with Gasteiger partial charge in [0, 0.05) is 19.6 Å². The quantitative estimate of drug-likeness (QED) is 0.614. The Bertz CT molecular complexity index is 687. The minimum Gasteiger partial charge on any atom is -0.495 e. The Morgan fingerprint density at radius 1 is 1.21 bits per heavy atom. The highest BCUT2D eigenvalue weighted by atomic mass is 16.5. The molecular formula is C19H28N2O7. The van der Waals surface area contributed by atoms with Gasteiger partial charge in [0.25, 0.3) is 0 Å². The predicted octanol–water partition coefficient (Wildman–Crippen LogP) is 2.58. The van der Waals surface area contributed by atoms with Gasteiger partial charge in [-0.15, -0.1) is 0 Å². The van der Waals surface area contributed by atoms with Crippen molar-refractivity contribution in [3.05, 3.63) is 17.2 Å². The fourth-order valence-electron chi connectivity index (χ4n) is 3.00. The summed E-state index contributed by atoms with van der Waals surface area (Å²) < 4.78 is 21.4. The topological polar surface area (TPSA) is 107 Å². The molecule has 0 aliphatic carbocycles. The molecule has 9 heteroatoms. The van der Waals surface area contributed by atoms with Crippen LogP contribution < -0.4 is 14.8 Å². The van der Waals surface area contributed by atoms with Gasteiger partial charge in [-0.2, -0.15) is 0 Å². The van der Waals surface area contributed by atoms with E-state index in [4.69, 9.17) is 18.9 Å². The number of rotatable bonds is 9. The maximum Gasteiger partial charge on any atom is 0.411 e. The fraction of sp³-hybridized carbons (Fsp3) is 0.579. The number of nitrogens with zero attached hydrogens (tertiary/aromatic N) is 1. The molecule has 1 aliphatic rings. The second-order valence-electron chi connectivity index (χ2n) is 6.32. The molecule has 0 bridgehead atoms. The summed E-state index contributed by atoms with van der Waals surface area (Å²) in [6, 6.07) is 1.32. The van der Waals surface area contributed by atoms with Crippen LogP contribution in [-0.2, 0) is 16.0 Å². The van der Waals surface area contributed by atoms with Crippen molar-refractivity contribution in [3.63, 3.8) is 0 Å². The number of benzene rings is 1. The van der Waals surface area contributed by atoms with Crippen LogP contribution >= 0.6 is 0 Å². The molecule has 0 radical (unpaired) electrons. The number of nitrogens with one attached hydrogen (secondary N) is 1. The molecule has 156 valence electrons. The first-order valence-corrected chi connectivity index (χ1v) is 9.26. The third kappa shape index (κ3) is 5.49. The minimum atomic E-state index is -1.16. The normalized spacial score (nSPS) is 14.4. The summed E-state index contributed by atoms with van der Waals surface area (Å²) in [5.74, 6) is -0.605. The average Bonchev–Trinajstić information content (AvgIpc) is 2.68. The molecular weight excluding hydrogens is 368 g/mol. The van der Waals surface area contributed by atoms with Crippen molar-refractivity contribution in [3.8, 4) is 11.5 Å². The molecule has 1 aromatic carbocycles. The number of hydrogen-bond donors (Lipinski definition) is 2. The predicted molar refractivity (Wildman–Crippen MR) is 102 cm³/mol. The Hall–Kier alpha value is -2.52. The van der Waals surface area contributed by atoms with E-state index in [0.29, 0.717) is 44.2 Å². The lowest BCUT2D eigenvalue weighted by Crippen LogP contribution is -2.36. The molecule has 0 unspecified atom stereocenters. The number of anilines is 1. The number of methoxy groups -OCH3 is 2. The van der Waals surface area contributed by atoms with Crippen LogP contribution in [0.1, 0.15) is 35.7 Å². The zero-order valence-electron chi connectivity index (χ0n) is 16.6. The van der Waals surface area contributed by atoms with Gasteiger partial charge in [0.05, 0.1) is 45.3 Å². The Balaban J connectivity index is 2.39. The molecule has 0 saturated carbocycles. The van der Waals surface area contributed by atoms with Crippen molar-refractivity contribution in [2.75, 3.05) is 52.4 Å². The highest BCUT2D eigenvalue weighted by molar-refractivity contribution is 5.96. The highest BCUT2D eigenvalue weighted by Crippen LogP contribution is 2.40. The van der Waals surface area contributed by atoms with E-state index in [9.17, 15) is 14.7 Å². The number of unbranched alkanes of at least 4 members (excludes halogenated alkanes) is 1. The number of carboxylic acid groups (broad SMARTS) is 1. The smallest absolute Gasteiger partial charge is 0.411 e. The summed E-state index contributed by atoms with van der Waals surface area (Å²) in [5.41, 5.74) is 0.719. The van der Waals surface area contributed by atoms with E-state index in [1.807, 2.05) is 6.92 Å². The van der Waals surface area contributed by atoms with Crippen LogP contribution in [0.25, 0.3) is 0 Å². The van der Waals surface area contributed by atoms with Gasteiger partial charge in [0.15, 0.2) is 5.75 Å². The Morgan fingerprint density at radius 2 is 1.89 bits per heavy atom. The number of ether oxygens (including phenoxy) is 4. The van der Waals surface area contributed by atoms with Crippen molar-refractivity contribution in [1.82, 2.24) is 4.90 Å². The van der Waals surface area contributed by atoms with Gasteiger partial charge < -0.3 is 24.1 Å². The molecule has 0 spiro atoms. The minimum absolute atomic E-state index is 0.0598. The van der Waals surface area contributed by atoms with Crippen molar-refractivity contribution in [2.24, 2.45) is 0 Å². The summed E-state index contributed by atoms with van der Waals surface area (Å²) in [7, 11) is 2.88. The van der Waals surface area contributed by atoms with Crippen molar-refractivity contribution in [1.29, 1.82) is 0 Å². The van der Waals surface area contributed by atoms with Crippen LogP contribution in [0.2, 0.25) is 0 Å². The summed E-state index contributed by atoms with van der Waals surface area (Å²) in [6.07, 6.45) is 0.979. The van der Waals surface area contributed by atoms with Gasteiger partial charge in [-0.05, 0) is 12.5 Å². The molecule has 1 heterocycles. The first kappa shape index (κ1) is 21.8. The van der Waals surface area contributed by atoms with Gasteiger partial charge in [-0.3, -0.25) is 10.2 Å². The van der Waals surface area contributed by atoms with Gasteiger partial charge in [-0.25, -0.2) is 9.59 Å². The van der Waals surface area contributed by atoms with Gasteiger partial charge in [0.2, 0.25) is 0 Å². The highest BCUT2D eigenvalue weighted by Gasteiger charge is 2.26. The largest absolute Gasteiger partial charge is 0.495 e. The maximum absolute atomic E-state index is 12.1. The van der Waals surface area contributed by atoms with Crippen LogP contribution in [-0.4, -0.2) is 69.2 Å². The molecule has 1 aliphatic heterocycles. The third-order valence-corrected chi connectivity index (χ3v) is 4.42. The Labute approximate surface area is 164 Å². The van der Waals surface area contributed by atoms with Gasteiger partial charge >= 0.3 is 12.1 Å².